The molecule has 0 saturated heterocycles. The average Bonchev–Trinajstić information content (AvgIpc) is 2.64. The van der Waals surface area contributed by atoms with Gasteiger partial charge in [0.15, 0.2) is 5.78 Å². The van der Waals surface area contributed by atoms with Crippen molar-refractivity contribution in [3.8, 4) is 0 Å². The Kier molecular flexibility index (Phi) is 9.63. The molecule has 8 nitrogen and oxygen atoms in total. The zero-order valence-corrected chi connectivity index (χ0v) is 15.8. The van der Waals surface area contributed by atoms with Gasteiger partial charge in [0.05, 0.1) is 6.42 Å². The van der Waals surface area contributed by atoms with Gasteiger partial charge in [0.2, 0.25) is 5.91 Å². The maximum Gasteiger partial charge on any atom is 0.408 e. The Labute approximate surface area is 162 Å². The van der Waals surface area contributed by atoms with Gasteiger partial charge >= 0.3 is 12.1 Å². The maximum absolute atomic E-state index is 12.6. The van der Waals surface area contributed by atoms with Crippen LogP contribution in [0.5, 0.6) is 0 Å². The molecule has 154 valence electrons. The van der Waals surface area contributed by atoms with E-state index in [0.29, 0.717) is 0 Å². The van der Waals surface area contributed by atoms with Crippen molar-refractivity contribution in [2.45, 2.75) is 45.4 Å². The van der Waals surface area contributed by atoms with Crippen LogP contribution in [-0.4, -0.2) is 47.6 Å². The molecule has 2 amide bonds. The lowest BCUT2D eigenvalue weighted by Gasteiger charge is -2.22. The fraction of sp³-hybridized carbons (Fsp3) is 0.474. The summed E-state index contributed by atoms with van der Waals surface area (Å²) >= 11 is 0. The number of ketones is 1. The van der Waals surface area contributed by atoms with Crippen molar-refractivity contribution >= 4 is 23.8 Å². The highest BCUT2D eigenvalue weighted by molar-refractivity contribution is 5.94. The highest BCUT2D eigenvalue weighted by atomic mass is 19.1. The molecule has 28 heavy (non-hydrogen) atoms. The molecule has 0 spiro atoms. The third-order valence-corrected chi connectivity index (χ3v) is 3.74. The second kappa shape index (κ2) is 11.7. The van der Waals surface area contributed by atoms with E-state index in [1.54, 1.807) is 24.3 Å². The van der Waals surface area contributed by atoms with Crippen LogP contribution in [0.2, 0.25) is 0 Å². The standard InChI is InChI=1S/C19H25FN2O6/c1-12(2)8-15(18(26)21-14(9-17(24)25)16(23)10-20)22-19(27)28-11-13-6-4-3-5-7-13/h3-7,12,14-15H,8-11H2,1-2H3,(H,21,26)(H,22,27)(H,24,25)/t14?,15-/m0/s1. The Morgan fingerprint density at radius 1 is 1.07 bits per heavy atom. The van der Waals surface area contributed by atoms with Crippen LogP contribution in [0.3, 0.4) is 0 Å². The number of carbonyl (C=O) groups excluding carboxylic acids is 3. The van der Waals surface area contributed by atoms with Gasteiger partial charge in [0.1, 0.15) is 25.4 Å². The smallest absolute Gasteiger partial charge is 0.408 e. The summed E-state index contributed by atoms with van der Waals surface area (Å²) < 4.78 is 17.7. The number of aliphatic carboxylic acids is 1. The number of ether oxygens (including phenoxy) is 1. The van der Waals surface area contributed by atoms with E-state index in [0.717, 1.165) is 5.56 Å². The maximum atomic E-state index is 12.6. The molecule has 1 aromatic rings. The van der Waals surface area contributed by atoms with Crippen molar-refractivity contribution in [3.63, 3.8) is 0 Å². The van der Waals surface area contributed by atoms with Gasteiger partial charge in [-0.25, -0.2) is 9.18 Å². The Morgan fingerprint density at radius 3 is 2.25 bits per heavy atom. The lowest BCUT2D eigenvalue weighted by Crippen LogP contribution is -2.52. The zero-order valence-electron chi connectivity index (χ0n) is 15.8. The quantitative estimate of drug-likeness (QED) is 0.525. The summed E-state index contributed by atoms with van der Waals surface area (Å²) in [6.07, 6.45) is -1.37. The topological polar surface area (TPSA) is 122 Å². The average molecular weight is 396 g/mol. The van der Waals surface area contributed by atoms with Gasteiger partial charge in [-0.05, 0) is 17.9 Å². The molecule has 3 N–H and O–H groups in total. The fourth-order valence-corrected chi connectivity index (χ4v) is 2.40. The number of hydrogen-bond acceptors (Lipinski definition) is 5. The van der Waals surface area contributed by atoms with E-state index in [-0.39, 0.29) is 18.9 Å². The molecule has 2 atom stereocenters. The third kappa shape index (κ3) is 8.61. The molecule has 0 fully saturated rings. The van der Waals surface area contributed by atoms with Crippen LogP contribution in [0, 0.1) is 5.92 Å². The van der Waals surface area contributed by atoms with Gasteiger partial charge in [-0.2, -0.15) is 0 Å². The van der Waals surface area contributed by atoms with Gasteiger partial charge in [-0.15, -0.1) is 0 Å². The number of alkyl halides is 1. The van der Waals surface area contributed by atoms with Gasteiger partial charge in [0.25, 0.3) is 0 Å². The minimum atomic E-state index is -1.51. The van der Waals surface area contributed by atoms with E-state index in [2.05, 4.69) is 10.6 Å². The first-order valence-electron chi connectivity index (χ1n) is 8.81. The minimum absolute atomic E-state index is 0.0000243. The van der Waals surface area contributed by atoms with Crippen molar-refractivity contribution in [2.24, 2.45) is 5.92 Å². The second-order valence-corrected chi connectivity index (χ2v) is 6.65. The summed E-state index contributed by atoms with van der Waals surface area (Å²) in [5.41, 5.74) is 0.762. The fourth-order valence-electron chi connectivity index (χ4n) is 2.40. The van der Waals surface area contributed by atoms with Crippen molar-refractivity contribution in [2.75, 3.05) is 6.67 Å². The summed E-state index contributed by atoms with van der Waals surface area (Å²) in [7, 11) is 0. The van der Waals surface area contributed by atoms with Crippen molar-refractivity contribution in [3.05, 3.63) is 35.9 Å². The number of halogens is 1. The molecular weight excluding hydrogens is 371 g/mol. The van der Waals surface area contributed by atoms with Crippen LogP contribution in [0.15, 0.2) is 30.3 Å². The molecular formula is C19H25FN2O6. The first-order valence-corrected chi connectivity index (χ1v) is 8.81. The molecule has 1 rings (SSSR count). The molecule has 0 aliphatic rings. The van der Waals surface area contributed by atoms with Crippen molar-refractivity contribution in [1.82, 2.24) is 10.6 Å². The van der Waals surface area contributed by atoms with Crippen LogP contribution >= 0.6 is 0 Å². The molecule has 0 saturated carbocycles. The second-order valence-electron chi connectivity index (χ2n) is 6.65. The van der Waals surface area contributed by atoms with Crippen LogP contribution in [-0.2, 0) is 25.7 Å². The number of nitrogens with one attached hydrogen (secondary N) is 2. The highest BCUT2D eigenvalue weighted by Gasteiger charge is 2.29. The van der Waals surface area contributed by atoms with E-state index in [4.69, 9.17) is 9.84 Å². The first-order chi connectivity index (χ1) is 13.2. The highest BCUT2D eigenvalue weighted by Crippen LogP contribution is 2.08. The number of carbonyl (C=O) groups is 4. The van der Waals surface area contributed by atoms with Gasteiger partial charge in [-0.1, -0.05) is 44.2 Å². The predicted molar refractivity (Wildman–Crippen MR) is 98.2 cm³/mol. The van der Waals surface area contributed by atoms with E-state index in [1.165, 1.54) is 0 Å². The summed E-state index contributed by atoms with van der Waals surface area (Å²) in [5.74, 6) is -3.19. The summed E-state index contributed by atoms with van der Waals surface area (Å²) in [6.45, 7) is 2.24. The predicted octanol–water partition coefficient (Wildman–Crippen LogP) is 1.83. The van der Waals surface area contributed by atoms with Crippen LogP contribution in [0.25, 0.3) is 0 Å². The van der Waals surface area contributed by atoms with Crippen LogP contribution < -0.4 is 10.6 Å². The van der Waals surface area contributed by atoms with Crippen LogP contribution in [0.4, 0.5) is 9.18 Å². The molecule has 0 aliphatic heterocycles. The van der Waals surface area contributed by atoms with Gasteiger partial charge in [0, 0.05) is 0 Å². The molecule has 0 bridgehead atoms. The Hall–Kier alpha value is -2.97. The van der Waals surface area contributed by atoms with E-state index in [9.17, 15) is 23.6 Å². The van der Waals surface area contributed by atoms with Crippen LogP contribution in [0.1, 0.15) is 32.3 Å². The molecule has 9 heteroatoms. The molecule has 1 unspecified atom stereocenters. The zero-order chi connectivity index (χ0) is 21.1. The van der Waals surface area contributed by atoms with Gasteiger partial charge < -0.3 is 20.5 Å². The summed E-state index contributed by atoms with van der Waals surface area (Å²) in [5, 5.41) is 13.4. The SMILES string of the molecule is CC(C)C[C@H](NC(=O)OCc1ccccc1)C(=O)NC(CC(=O)O)C(=O)CF. The molecule has 0 aromatic heterocycles. The first kappa shape index (κ1) is 23.1. The van der Waals surface area contributed by atoms with E-state index in [1.807, 2.05) is 19.9 Å². The third-order valence-electron chi connectivity index (χ3n) is 3.74. The summed E-state index contributed by atoms with van der Waals surface area (Å²) in [4.78, 5) is 46.9. The molecule has 1 aromatic carbocycles. The lowest BCUT2D eigenvalue weighted by molar-refractivity contribution is -0.140. The number of hydrogen-bond donors (Lipinski definition) is 3. The Morgan fingerprint density at radius 2 is 1.71 bits per heavy atom. The number of Topliss-reactive ketones (excluding diaryl/α,β-unsaturated/α-hetero) is 1. The molecule has 0 heterocycles. The largest absolute Gasteiger partial charge is 0.481 e. The van der Waals surface area contributed by atoms with Crippen molar-refractivity contribution in [1.29, 1.82) is 0 Å². The van der Waals surface area contributed by atoms with Crippen molar-refractivity contribution < 1.29 is 33.4 Å². The monoisotopic (exact) mass is 396 g/mol. The number of alkyl carbamates (subject to hydrolysis) is 1. The van der Waals surface area contributed by atoms with Gasteiger partial charge in [-0.3, -0.25) is 14.4 Å². The number of carboxylic acid groups (broad SMARTS) is 1. The molecule has 0 aliphatic carbocycles. The molecule has 0 radical (unpaired) electrons. The minimum Gasteiger partial charge on any atom is -0.481 e. The summed E-state index contributed by atoms with van der Waals surface area (Å²) in [6, 6.07) is 6.36. The lowest BCUT2D eigenvalue weighted by atomic mass is 10.0. The number of carboxylic acids is 1. The van der Waals surface area contributed by atoms with E-state index >= 15 is 0 Å². The number of amides is 2. The number of rotatable bonds is 11. The Balaban J connectivity index is 2.73. The Bertz CT molecular complexity index is 680. The normalized spacial score (nSPS) is 12.7. The number of benzene rings is 1. The van der Waals surface area contributed by atoms with E-state index < -0.39 is 48.9 Å².